The zero-order valence-electron chi connectivity index (χ0n) is 15.1. The second-order valence-electron chi connectivity index (χ2n) is 6.21. The number of hydrogen-bond donors (Lipinski definition) is 1. The molecular formula is C19H17FN6O2. The smallest absolute Gasteiger partial charge is 0.275 e. The third-order valence-electron chi connectivity index (χ3n) is 4.21. The molecule has 0 saturated carbocycles. The average Bonchev–Trinajstić information content (AvgIpc) is 2.73. The summed E-state index contributed by atoms with van der Waals surface area (Å²) in [6, 6.07) is 8.36. The van der Waals surface area contributed by atoms with Gasteiger partial charge in [0.25, 0.3) is 5.91 Å². The van der Waals surface area contributed by atoms with E-state index in [0.717, 1.165) is 0 Å². The van der Waals surface area contributed by atoms with Crippen LogP contribution in [-0.2, 0) is 10.3 Å². The summed E-state index contributed by atoms with van der Waals surface area (Å²) >= 11 is 0. The van der Waals surface area contributed by atoms with Crippen molar-refractivity contribution in [2.45, 2.75) is 12.5 Å². The standard InChI is InChI=1S/C19H17FN6O2/c1-12-6-13(7-21)8-23-17(12)18(27)25-15-5-3-4-14(24-15)19(10-20)11-28-9-16(22-2)26-19/h3-6,8H,2,9-11H2,1H3,(H,24,25,27). The number of alkyl halides is 1. The minimum atomic E-state index is -1.34. The van der Waals surface area contributed by atoms with Crippen molar-refractivity contribution in [2.75, 3.05) is 25.2 Å². The molecule has 0 aromatic carbocycles. The van der Waals surface area contributed by atoms with Gasteiger partial charge >= 0.3 is 0 Å². The lowest BCUT2D eigenvalue weighted by atomic mass is 9.97. The molecule has 9 heteroatoms. The number of ether oxygens (including phenoxy) is 1. The van der Waals surface area contributed by atoms with Crippen LogP contribution < -0.4 is 5.32 Å². The number of aliphatic imine (C=N–C) groups is 2. The molecule has 28 heavy (non-hydrogen) atoms. The van der Waals surface area contributed by atoms with E-state index >= 15 is 0 Å². The maximum Gasteiger partial charge on any atom is 0.275 e. The van der Waals surface area contributed by atoms with Crippen molar-refractivity contribution in [3.63, 3.8) is 0 Å². The molecule has 1 atom stereocenters. The molecule has 0 spiro atoms. The van der Waals surface area contributed by atoms with Gasteiger partial charge in [-0.05, 0) is 37.4 Å². The normalized spacial score (nSPS) is 18.7. The lowest BCUT2D eigenvalue weighted by Crippen LogP contribution is -2.39. The number of nitriles is 1. The average molecular weight is 380 g/mol. The summed E-state index contributed by atoms with van der Waals surface area (Å²) in [4.78, 5) is 28.9. The molecule has 2 aromatic rings. The highest BCUT2D eigenvalue weighted by molar-refractivity contribution is 6.03. The largest absolute Gasteiger partial charge is 0.370 e. The molecule has 0 radical (unpaired) electrons. The minimum Gasteiger partial charge on any atom is -0.370 e. The van der Waals surface area contributed by atoms with E-state index in [1.807, 2.05) is 6.07 Å². The Morgan fingerprint density at radius 1 is 1.54 bits per heavy atom. The third kappa shape index (κ3) is 3.77. The quantitative estimate of drug-likeness (QED) is 0.817. The van der Waals surface area contributed by atoms with Crippen LogP contribution in [-0.4, -0.2) is 48.3 Å². The molecule has 1 aliphatic heterocycles. The number of nitrogens with zero attached hydrogens (tertiary/aromatic N) is 5. The van der Waals surface area contributed by atoms with Crippen LogP contribution in [0.4, 0.5) is 10.2 Å². The number of halogens is 1. The summed E-state index contributed by atoms with van der Waals surface area (Å²) in [5.41, 5.74) is 0.0560. The first-order valence-electron chi connectivity index (χ1n) is 8.36. The van der Waals surface area contributed by atoms with Crippen molar-refractivity contribution in [3.05, 3.63) is 53.0 Å². The molecule has 0 saturated heterocycles. The summed E-state index contributed by atoms with van der Waals surface area (Å²) in [7, 11) is 0. The number of pyridine rings is 2. The molecular weight excluding hydrogens is 363 g/mol. The van der Waals surface area contributed by atoms with Crippen molar-refractivity contribution in [1.29, 1.82) is 5.26 Å². The number of carbonyl (C=O) groups is 1. The van der Waals surface area contributed by atoms with Crippen molar-refractivity contribution in [1.82, 2.24) is 9.97 Å². The van der Waals surface area contributed by atoms with E-state index < -0.39 is 18.1 Å². The number of hydrogen-bond acceptors (Lipinski definition) is 7. The van der Waals surface area contributed by atoms with E-state index in [-0.39, 0.29) is 30.6 Å². The van der Waals surface area contributed by atoms with Gasteiger partial charge < -0.3 is 10.1 Å². The van der Waals surface area contributed by atoms with Gasteiger partial charge in [-0.1, -0.05) is 6.07 Å². The SMILES string of the molecule is C=NC1=NC(CF)(c2cccc(NC(=O)c3ncc(C#N)cc3C)n2)COC1. The first kappa shape index (κ1) is 19.3. The lowest BCUT2D eigenvalue weighted by molar-refractivity contribution is 0.0808. The molecule has 1 aliphatic rings. The summed E-state index contributed by atoms with van der Waals surface area (Å²) < 4.78 is 19.3. The highest BCUT2D eigenvalue weighted by Crippen LogP contribution is 2.29. The van der Waals surface area contributed by atoms with Gasteiger partial charge in [-0.15, -0.1) is 0 Å². The number of aryl methyl sites for hydroxylation is 1. The number of amides is 1. The predicted octanol–water partition coefficient (Wildman–Crippen LogP) is 2.20. The molecule has 8 nitrogen and oxygen atoms in total. The Labute approximate surface area is 160 Å². The van der Waals surface area contributed by atoms with Crippen LogP contribution in [0.3, 0.4) is 0 Å². The van der Waals surface area contributed by atoms with Crippen molar-refractivity contribution < 1.29 is 13.9 Å². The van der Waals surface area contributed by atoms with Crippen LogP contribution in [0.2, 0.25) is 0 Å². The molecule has 1 amide bonds. The zero-order chi connectivity index (χ0) is 20.1. The van der Waals surface area contributed by atoms with Crippen molar-refractivity contribution in [2.24, 2.45) is 9.98 Å². The second kappa shape index (κ2) is 8.02. The van der Waals surface area contributed by atoms with Crippen LogP contribution in [0.15, 0.2) is 40.4 Å². The Morgan fingerprint density at radius 3 is 3.04 bits per heavy atom. The van der Waals surface area contributed by atoms with E-state index in [0.29, 0.717) is 16.8 Å². The van der Waals surface area contributed by atoms with Gasteiger partial charge in [0.15, 0.2) is 5.54 Å². The minimum absolute atomic E-state index is 0.00318. The first-order valence-corrected chi connectivity index (χ1v) is 8.36. The van der Waals surface area contributed by atoms with Crippen LogP contribution in [0, 0.1) is 18.3 Å². The van der Waals surface area contributed by atoms with Crippen LogP contribution in [0.25, 0.3) is 0 Å². The molecule has 3 heterocycles. The Morgan fingerprint density at radius 2 is 2.36 bits per heavy atom. The summed E-state index contributed by atoms with van der Waals surface area (Å²) in [6.07, 6.45) is 1.32. The maximum absolute atomic E-state index is 13.9. The molecule has 0 bridgehead atoms. The highest BCUT2D eigenvalue weighted by atomic mass is 19.1. The van der Waals surface area contributed by atoms with E-state index in [1.54, 1.807) is 31.2 Å². The highest BCUT2D eigenvalue weighted by Gasteiger charge is 2.37. The van der Waals surface area contributed by atoms with Gasteiger partial charge in [-0.2, -0.15) is 5.26 Å². The third-order valence-corrected chi connectivity index (χ3v) is 4.21. The fraction of sp³-hybridized carbons (Fsp3) is 0.263. The molecule has 2 aromatic heterocycles. The van der Waals surface area contributed by atoms with E-state index in [2.05, 4.69) is 32.0 Å². The van der Waals surface area contributed by atoms with Crippen LogP contribution in [0.1, 0.15) is 27.3 Å². The number of aromatic nitrogens is 2. The summed E-state index contributed by atoms with van der Waals surface area (Å²) in [5, 5.41) is 11.5. The van der Waals surface area contributed by atoms with E-state index in [9.17, 15) is 9.18 Å². The first-order chi connectivity index (χ1) is 13.5. The molecule has 1 N–H and O–H groups in total. The van der Waals surface area contributed by atoms with E-state index in [1.165, 1.54) is 6.20 Å². The molecule has 0 fully saturated rings. The monoisotopic (exact) mass is 380 g/mol. The number of amidine groups is 1. The van der Waals surface area contributed by atoms with E-state index in [4.69, 9.17) is 10.00 Å². The fourth-order valence-corrected chi connectivity index (χ4v) is 2.78. The van der Waals surface area contributed by atoms with Crippen molar-refractivity contribution >= 4 is 24.3 Å². The topological polar surface area (TPSA) is 113 Å². The number of anilines is 1. The van der Waals surface area contributed by atoms with Gasteiger partial charge in [0.2, 0.25) is 0 Å². The molecule has 0 aliphatic carbocycles. The van der Waals surface area contributed by atoms with Crippen LogP contribution >= 0.6 is 0 Å². The Hall–Kier alpha value is -3.51. The van der Waals surface area contributed by atoms with Gasteiger partial charge in [0, 0.05) is 6.20 Å². The molecule has 1 unspecified atom stereocenters. The molecule has 142 valence electrons. The predicted molar refractivity (Wildman–Crippen MR) is 101 cm³/mol. The van der Waals surface area contributed by atoms with Crippen molar-refractivity contribution in [3.8, 4) is 6.07 Å². The zero-order valence-corrected chi connectivity index (χ0v) is 15.1. The lowest BCUT2D eigenvalue weighted by Gasteiger charge is -2.30. The number of nitrogens with one attached hydrogen (secondary N) is 1. The Balaban J connectivity index is 1.88. The van der Waals surface area contributed by atoms with Gasteiger partial charge in [0.1, 0.15) is 36.7 Å². The number of rotatable bonds is 4. The number of carbonyl (C=O) groups excluding carboxylic acids is 1. The summed E-state index contributed by atoms with van der Waals surface area (Å²) in [6.45, 7) is 4.41. The maximum atomic E-state index is 13.9. The fourth-order valence-electron chi connectivity index (χ4n) is 2.78. The Bertz CT molecular complexity index is 1000. The molecule has 3 rings (SSSR count). The van der Waals surface area contributed by atoms with Gasteiger partial charge in [-0.25, -0.2) is 24.3 Å². The summed E-state index contributed by atoms with van der Waals surface area (Å²) in [5.74, 6) is 0.0186. The van der Waals surface area contributed by atoms with Crippen LogP contribution in [0.5, 0.6) is 0 Å². The Kier molecular flexibility index (Phi) is 5.52. The van der Waals surface area contributed by atoms with Gasteiger partial charge in [-0.3, -0.25) is 4.79 Å². The van der Waals surface area contributed by atoms with Gasteiger partial charge in [0.05, 0.1) is 17.9 Å². The second-order valence-corrected chi connectivity index (χ2v) is 6.21.